The molecule has 3 heterocycles. The van der Waals surface area contributed by atoms with Crippen molar-refractivity contribution < 1.29 is 23.1 Å². The van der Waals surface area contributed by atoms with E-state index in [1.165, 1.54) is 11.4 Å². The molecule has 10 heteroatoms. The first-order valence-corrected chi connectivity index (χ1v) is 13.6. The number of pyridine rings is 2. The molecule has 0 fully saturated rings. The van der Waals surface area contributed by atoms with Gasteiger partial charge in [0.05, 0.1) is 24.1 Å². The van der Waals surface area contributed by atoms with Crippen LogP contribution in [0, 0.1) is 12.8 Å². The van der Waals surface area contributed by atoms with Crippen LogP contribution in [0.2, 0.25) is 0 Å². The second kappa shape index (κ2) is 11.0. The van der Waals surface area contributed by atoms with Crippen molar-refractivity contribution in [1.29, 1.82) is 0 Å². The highest BCUT2D eigenvalue weighted by Gasteiger charge is 2.36. The molecule has 0 saturated carbocycles. The summed E-state index contributed by atoms with van der Waals surface area (Å²) in [6.07, 6.45) is 4.35. The number of sulfonamides is 1. The first kappa shape index (κ1) is 26.7. The predicted molar refractivity (Wildman–Crippen MR) is 140 cm³/mol. The number of aliphatic hydroxyl groups excluding tert-OH is 1. The number of likely N-dealkylation sites (N-methyl/N-ethyl adjacent to an activating group) is 1. The summed E-state index contributed by atoms with van der Waals surface area (Å²) in [5.74, 6) is -0.412. The predicted octanol–water partition coefficient (Wildman–Crippen LogP) is 2.99. The largest absolute Gasteiger partial charge is 0.472 e. The Bertz CT molecular complexity index is 1350. The quantitative estimate of drug-likeness (QED) is 0.506. The molecule has 4 rings (SSSR count). The van der Waals surface area contributed by atoms with Crippen molar-refractivity contribution in [3.63, 3.8) is 0 Å². The molecule has 0 aliphatic carbocycles. The van der Waals surface area contributed by atoms with Crippen LogP contribution < -0.4 is 4.74 Å². The lowest BCUT2D eigenvalue weighted by molar-refractivity contribution is 0.0373. The molecule has 0 saturated heterocycles. The van der Waals surface area contributed by atoms with Crippen LogP contribution in [-0.4, -0.2) is 77.5 Å². The fourth-order valence-electron chi connectivity index (χ4n) is 4.26. The third-order valence-electron chi connectivity index (χ3n) is 6.70. The number of ether oxygens (including phenoxy) is 1. The molecule has 1 aliphatic heterocycles. The van der Waals surface area contributed by atoms with Crippen molar-refractivity contribution in [3.05, 3.63) is 72.2 Å². The summed E-state index contributed by atoms with van der Waals surface area (Å²) >= 11 is 0. The second-order valence-electron chi connectivity index (χ2n) is 9.53. The number of hydrogen-bond acceptors (Lipinski definition) is 7. The van der Waals surface area contributed by atoms with Gasteiger partial charge in [0.1, 0.15) is 11.7 Å². The van der Waals surface area contributed by atoms with Gasteiger partial charge >= 0.3 is 0 Å². The van der Waals surface area contributed by atoms with E-state index in [-0.39, 0.29) is 47.9 Å². The zero-order valence-corrected chi connectivity index (χ0v) is 22.2. The van der Waals surface area contributed by atoms with Crippen molar-refractivity contribution in [2.45, 2.75) is 37.8 Å². The molecule has 1 amide bonds. The molecule has 196 valence electrons. The number of fused-ring (bicyclic) bond motifs is 1. The Morgan fingerprint density at radius 2 is 1.84 bits per heavy atom. The topological polar surface area (TPSA) is 113 Å². The minimum atomic E-state index is -3.76. The minimum absolute atomic E-state index is 0.0557. The van der Waals surface area contributed by atoms with Crippen molar-refractivity contribution in [1.82, 2.24) is 19.2 Å². The molecule has 2 aromatic heterocycles. The molecule has 1 aliphatic rings. The third-order valence-corrected chi connectivity index (χ3v) is 8.54. The van der Waals surface area contributed by atoms with Gasteiger partial charge in [0.2, 0.25) is 15.9 Å². The van der Waals surface area contributed by atoms with Crippen LogP contribution in [0.25, 0.3) is 11.1 Å². The fourth-order valence-corrected chi connectivity index (χ4v) is 5.45. The number of amides is 1. The first-order valence-electron chi connectivity index (χ1n) is 12.1. The second-order valence-corrected chi connectivity index (χ2v) is 11.6. The number of hydrogen-bond donors (Lipinski definition) is 1. The Morgan fingerprint density at radius 3 is 2.49 bits per heavy atom. The third kappa shape index (κ3) is 5.66. The Labute approximate surface area is 217 Å². The van der Waals surface area contributed by atoms with Crippen molar-refractivity contribution in [2.75, 3.05) is 26.7 Å². The molecule has 37 heavy (non-hydrogen) atoms. The molecule has 3 aromatic rings. The summed E-state index contributed by atoms with van der Waals surface area (Å²) in [5, 5.41) is 9.86. The Morgan fingerprint density at radius 1 is 1.16 bits per heavy atom. The lowest BCUT2D eigenvalue weighted by atomic mass is 9.99. The van der Waals surface area contributed by atoms with Gasteiger partial charge in [-0.25, -0.2) is 13.4 Å². The van der Waals surface area contributed by atoms with E-state index < -0.39 is 22.2 Å². The number of carbonyl (C=O) groups is 1. The molecule has 1 aromatic carbocycles. The van der Waals surface area contributed by atoms with E-state index in [1.807, 2.05) is 26.0 Å². The van der Waals surface area contributed by atoms with E-state index in [0.29, 0.717) is 0 Å². The fraction of sp³-hybridized carbons (Fsp3) is 0.370. The maximum absolute atomic E-state index is 13.6. The lowest BCUT2D eigenvalue weighted by Gasteiger charge is -2.37. The summed E-state index contributed by atoms with van der Waals surface area (Å²) in [4.78, 5) is 23.9. The van der Waals surface area contributed by atoms with E-state index in [1.54, 1.807) is 60.7 Å². The zero-order valence-electron chi connectivity index (χ0n) is 21.4. The molecule has 3 atom stereocenters. The number of benzene rings is 1. The molecule has 0 unspecified atom stereocenters. The van der Waals surface area contributed by atoms with Crippen molar-refractivity contribution in [3.8, 4) is 17.0 Å². The SMILES string of the molecule is Cc1ccc(S(=O)(=O)N(C)C[C@@H]2Oc3ncc(-c4ccncc4)cc3C(=O)N([C@H](C)CO)C[C@H]2C)cc1. The maximum Gasteiger partial charge on any atom is 0.259 e. The molecule has 1 N–H and O–H groups in total. The summed E-state index contributed by atoms with van der Waals surface area (Å²) in [7, 11) is -2.24. The average Bonchev–Trinajstić information content (AvgIpc) is 2.90. The molecule has 0 bridgehead atoms. The number of nitrogens with zero attached hydrogens (tertiary/aromatic N) is 4. The van der Waals surface area contributed by atoms with Crippen molar-refractivity contribution >= 4 is 15.9 Å². The van der Waals surface area contributed by atoms with Gasteiger partial charge in [-0.2, -0.15) is 4.31 Å². The molecule has 0 spiro atoms. The maximum atomic E-state index is 13.6. The standard InChI is InChI=1S/C27H32N4O5S/c1-18-5-7-23(8-6-18)37(34,35)30(4)16-25-19(2)15-31(20(3)17-32)27(33)24-13-22(14-29-26(24)36-25)21-9-11-28-12-10-21/h5-14,19-20,25,32H,15-17H2,1-4H3/t19-,20-,25+/m1/s1. The number of rotatable bonds is 7. The summed E-state index contributed by atoms with van der Waals surface area (Å²) in [5.41, 5.74) is 2.79. The van der Waals surface area contributed by atoms with Crippen molar-refractivity contribution in [2.24, 2.45) is 5.92 Å². The number of carbonyl (C=O) groups excluding carboxylic acids is 1. The van der Waals surface area contributed by atoms with Gasteiger partial charge < -0.3 is 14.7 Å². The van der Waals surface area contributed by atoms with Crippen LogP contribution in [0.3, 0.4) is 0 Å². The highest BCUT2D eigenvalue weighted by molar-refractivity contribution is 7.89. The molecule has 9 nitrogen and oxygen atoms in total. The van der Waals surface area contributed by atoms with Crippen LogP contribution in [0.4, 0.5) is 0 Å². The van der Waals surface area contributed by atoms with E-state index in [0.717, 1.165) is 16.7 Å². The van der Waals surface area contributed by atoms with Gasteiger partial charge in [0.25, 0.3) is 5.91 Å². The summed E-state index contributed by atoms with van der Waals surface area (Å²) in [6.45, 7) is 5.70. The van der Waals surface area contributed by atoms with E-state index in [4.69, 9.17) is 4.74 Å². The van der Waals surface area contributed by atoms with Gasteiger partial charge in [-0.15, -0.1) is 0 Å². The van der Waals surface area contributed by atoms with Crippen LogP contribution in [0.5, 0.6) is 5.88 Å². The number of aryl methyl sites for hydroxylation is 1. The van der Waals surface area contributed by atoms with E-state index >= 15 is 0 Å². The zero-order chi connectivity index (χ0) is 26.7. The summed E-state index contributed by atoms with van der Waals surface area (Å²) in [6, 6.07) is 11.6. The van der Waals surface area contributed by atoms with Gasteiger partial charge in [-0.3, -0.25) is 9.78 Å². The Hall–Kier alpha value is -3.34. The van der Waals surface area contributed by atoms with Gasteiger partial charge in [-0.1, -0.05) is 24.6 Å². The Balaban J connectivity index is 1.70. The molecular formula is C27H32N4O5S. The average molecular weight is 525 g/mol. The highest BCUT2D eigenvalue weighted by atomic mass is 32.2. The molecule has 0 radical (unpaired) electrons. The number of aliphatic hydroxyl groups is 1. The monoisotopic (exact) mass is 524 g/mol. The van der Waals surface area contributed by atoms with E-state index in [9.17, 15) is 18.3 Å². The van der Waals surface area contributed by atoms with Crippen LogP contribution in [-0.2, 0) is 10.0 Å². The first-order chi connectivity index (χ1) is 17.6. The highest BCUT2D eigenvalue weighted by Crippen LogP contribution is 2.30. The van der Waals surface area contributed by atoms with Gasteiger partial charge in [-0.05, 0) is 49.7 Å². The van der Waals surface area contributed by atoms with Gasteiger partial charge in [0.15, 0.2) is 0 Å². The van der Waals surface area contributed by atoms with Crippen LogP contribution >= 0.6 is 0 Å². The number of aromatic nitrogens is 2. The normalized spacial score (nSPS) is 19.1. The van der Waals surface area contributed by atoms with Crippen LogP contribution in [0.15, 0.2) is 66.0 Å². The van der Waals surface area contributed by atoms with E-state index in [2.05, 4.69) is 9.97 Å². The Kier molecular flexibility index (Phi) is 7.91. The van der Waals surface area contributed by atoms with Crippen LogP contribution in [0.1, 0.15) is 29.8 Å². The minimum Gasteiger partial charge on any atom is -0.472 e. The van der Waals surface area contributed by atoms with Gasteiger partial charge in [0, 0.05) is 43.7 Å². The smallest absolute Gasteiger partial charge is 0.259 e. The summed E-state index contributed by atoms with van der Waals surface area (Å²) < 4.78 is 34.0. The lowest BCUT2D eigenvalue weighted by Crippen LogP contribution is -2.50. The molecular weight excluding hydrogens is 492 g/mol.